The SMILES string of the molecule is COc1ccc2c(c1)c1nnc(-c3ccc(C)cc3)c-1cn2Cc1ccccc1. The minimum absolute atomic E-state index is 0.776. The van der Waals surface area contributed by atoms with Gasteiger partial charge in [0.15, 0.2) is 0 Å². The van der Waals surface area contributed by atoms with E-state index < -0.39 is 0 Å². The van der Waals surface area contributed by atoms with Crippen LogP contribution in [0.2, 0.25) is 0 Å². The molecular weight excluding hydrogens is 358 g/mol. The predicted octanol–water partition coefficient (Wildman–Crippen LogP) is 5.57. The lowest BCUT2D eigenvalue weighted by Crippen LogP contribution is -2.04. The van der Waals surface area contributed by atoms with Crippen LogP contribution in [-0.2, 0) is 6.54 Å². The van der Waals surface area contributed by atoms with Crippen molar-refractivity contribution in [2.75, 3.05) is 7.11 Å². The molecule has 0 saturated heterocycles. The van der Waals surface area contributed by atoms with Crippen molar-refractivity contribution in [1.29, 1.82) is 0 Å². The van der Waals surface area contributed by atoms with Gasteiger partial charge < -0.3 is 9.30 Å². The second-order valence-corrected chi connectivity index (χ2v) is 7.30. The summed E-state index contributed by atoms with van der Waals surface area (Å²) in [6.45, 7) is 2.87. The van der Waals surface area contributed by atoms with Crippen molar-refractivity contribution in [2.24, 2.45) is 0 Å². The minimum Gasteiger partial charge on any atom is -0.497 e. The quantitative estimate of drug-likeness (QED) is 0.410. The summed E-state index contributed by atoms with van der Waals surface area (Å²) in [4.78, 5) is 0. The van der Waals surface area contributed by atoms with Crippen LogP contribution in [0.1, 0.15) is 11.1 Å². The Morgan fingerprint density at radius 1 is 0.862 bits per heavy atom. The van der Waals surface area contributed by atoms with Gasteiger partial charge in [0.2, 0.25) is 0 Å². The first-order chi connectivity index (χ1) is 14.2. The topological polar surface area (TPSA) is 39.9 Å². The van der Waals surface area contributed by atoms with Crippen molar-refractivity contribution >= 4 is 10.9 Å². The molecule has 142 valence electrons. The molecule has 2 aliphatic heterocycles. The molecule has 5 rings (SSSR count). The van der Waals surface area contributed by atoms with Gasteiger partial charge in [-0.05, 0) is 30.7 Å². The molecule has 29 heavy (non-hydrogen) atoms. The number of nitrogens with zero attached hydrogens (tertiary/aromatic N) is 3. The van der Waals surface area contributed by atoms with Crippen molar-refractivity contribution in [2.45, 2.75) is 13.5 Å². The van der Waals surface area contributed by atoms with E-state index in [2.05, 4.69) is 82.5 Å². The van der Waals surface area contributed by atoms with Crippen LogP contribution < -0.4 is 4.74 Å². The number of ether oxygens (including phenoxy) is 1. The predicted molar refractivity (Wildman–Crippen MR) is 116 cm³/mol. The molecule has 0 aliphatic carbocycles. The van der Waals surface area contributed by atoms with E-state index in [1.165, 1.54) is 11.1 Å². The first-order valence-corrected chi connectivity index (χ1v) is 9.67. The highest BCUT2D eigenvalue weighted by molar-refractivity contribution is 5.98. The molecule has 0 aromatic heterocycles. The van der Waals surface area contributed by atoms with Gasteiger partial charge in [0.05, 0.1) is 12.6 Å². The monoisotopic (exact) mass is 379 g/mol. The zero-order valence-corrected chi connectivity index (χ0v) is 16.5. The summed E-state index contributed by atoms with van der Waals surface area (Å²) >= 11 is 0. The molecule has 0 N–H and O–H groups in total. The van der Waals surface area contributed by atoms with Gasteiger partial charge in [0.1, 0.15) is 17.1 Å². The third-order valence-electron chi connectivity index (χ3n) is 5.33. The summed E-state index contributed by atoms with van der Waals surface area (Å²) in [5.74, 6) is 0.816. The van der Waals surface area contributed by atoms with Gasteiger partial charge in [0, 0.05) is 29.3 Å². The summed E-state index contributed by atoms with van der Waals surface area (Å²) in [5, 5.41) is 10.1. The average molecular weight is 379 g/mol. The molecule has 0 unspecified atom stereocenters. The van der Waals surface area contributed by atoms with Crippen LogP contribution in [0.25, 0.3) is 33.4 Å². The first kappa shape index (κ1) is 17.4. The molecule has 3 aromatic carbocycles. The number of rotatable bonds is 4. The van der Waals surface area contributed by atoms with E-state index in [0.717, 1.165) is 45.7 Å². The van der Waals surface area contributed by atoms with Crippen LogP contribution >= 0.6 is 0 Å². The third-order valence-corrected chi connectivity index (χ3v) is 5.33. The fourth-order valence-corrected chi connectivity index (χ4v) is 3.78. The molecule has 2 heterocycles. The van der Waals surface area contributed by atoms with Gasteiger partial charge in [-0.3, -0.25) is 0 Å². The van der Waals surface area contributed by atoms with Gasteiger partial charge in [-0.2, -0.15) is 0 Å². The van der Waals surface area contributed by atoms with Crippen molar-refractivity contribution in [3.8, 4) is 28.3 Å². The van der Waals surface area contributed by atoms with E-state index in [1.807, 2.05) is 18.2 Å². The molecule has 0 amide bonds. The van der Waals surface area contributed by atoms with E-state index in [4.69, 9.17) is 4.74 Å². The Hall–Kier alpha value is -3.66. The second-order valence-electron chi connectivity index (χ2n) is 7.30. The number of methoxy groups -OCH3 is 1. The van der Waals surface area contributed by atoms with Crippen molar-refractivity contribution in [3.05, 3.63) is 90.1 Å². The molecule has 2 aliphatic rings. The number of hydrogen-bond acceptors (Lipinski definition) is 3. The Labute approximate surface area is 169 Å². The highest BCUT2D eigenvalue weighted by Crippen LogP contribution is 2.38. The number of pyridine rings is 1. The van der Waals surface area contributed by atoms with E-state index in [-0.39, 0.29) is 0 Å². The van der Waals surface area contributed by atoms with Crippen LogP contribution in [0.15, 0.2) is 79.0 Å². The van der Waals surface area contributed by atoms with E-state index >= 15 is 0 Å². The highest BCUT2D eigenvalue weighted by atomic mass is 16.5. The Morgan fingerprint density at radius 2 is 1.62 bits per heavy atom. The number of fused-ring (bicyclic) bond motifs is 3. The molecule has 0 bridgehead atoms. The van der Waals surface area contributed by atoms with Crippen LogP contribution in [0.3, 0.4) is 0 Å². The zero-order valence-electron chi connectivity index (χ0n) is 16.5. The lowest BCUT2D eigenvalue weighted by Gasteiger charge is -2.16. The first-order valence-electron chi connectivity index (χ1n) is 9.67. The molecule has 0 atom stereocenters. The van der Waals surface area contributed by atoms with Gasteiger partial charge in [-0.15, -0.1) is 10.2 Å². The number of aryl methyl sites for hydroxylation is 1. The lowest BCUT2D eigenvalue weighted by atomic mass is 10.0. The zero-order chi connectivity index (χ0) is 19.8. The maximum Gasteiger partial charge on any atom is 0.119 e. The molecular formula is C25H21N3O. The van der Waals surface area contributed by atoms with Gasteiger partial charge >= 0.3 is 0 Å². The molecule has 0 saturated carbocycles. The Balaban J connectivity index is 1.75. The van der Waals surface area contributed by atoms with Crippen LogP contribution in [0.5, 0.6) is 5.75 Å². The standard InChI is InChI=1S/C25H21N3O/c1-17-8-10-19(11-9-17)24-22-16-28(15-18-6-4-3-5-7-18)23-13-12-20(29-2)14-21(23)25(22)27-26-24/h3-14,16H,15H2,1-2H3. The number of aromatic nitrogens is 3. The van der Waals surface area contributed by atoms with Crippen LogP contribution in [0, 0.1) is 6.92 Å². The van der Waals surface area contributed by atoms with Gasteiger partial charge in [0.25, 0.3) is 0 Å². The van der Waals surface area contributed by atoms with E-state index in [9.17, 15) is 0 Å². The summed E-state index contributed by atoms with van der Waals surface area (Å²) in [5.41, 5.74) is 7.52. The number of benzene rings is 3. The van der Waals surface area contributed by atoms with Crippen molar-refractivity contribution in [3.63, 3.8) is 0 Å². The van der Waals surface area contributed by atoms with Crippen LogP contribution in [-0.4, -0.2) is 21.9 Å². The Kier molecular flexibility index (Phi) is 4.24. The summed E-state index contributed by atoms with van der Waals surface area (Å²) < 4.78 is 7.75. The van der Waals surface area contributed by atoms with Gasteiger partial charge in [-0.1, -0.05) is 60.2 Å². The fraction of sp³-hybridized carbons (Fsp3) is 0.120. The highest BCUT2D eigenvalue weighted by Gasteiger charge is 2.20. The maximum atomic E-state index is 5.48. The molecule has 0 radical (unpaired) electrons. The average Bonchev–Trinajstić information content (AvgIpc) is 3.19. The molecule has 4 heteroatoms. The third kappa shape index (κ3) is 3.13. The summed E-state index contributed by atoms with van der Waals surface area (Å²) in [7, 11) is 1.69. The van der Waals surface area contributed by atoms with E-state index in [1.54, 1.807) is 7.11 Å². The van der Waals surface area contributed by atoms with Gasteiger partial charge in [-0.25, -0.2) is 0 Å². The van der Waals surface area contributed by atoms with E-state index in [0.29, 0.717) is 0 Å². The van der Waals surface area contributed by atoms with Crippen molar-refractivity contribution < 1.29 is 4.74 Å². The van der Waals surface area contributed by atoms with Crippen molar-refractivity contribution in [1.82, 2.24) is 14.8 Å². The molecule has 4 nitrogen and oxygen atoms in total. The smallest absolute Gasteiger partial charge is 0.119 e. The number of hydrogen-bond donors (Lipinski definition) is 0. The fourth-order valence-electron chi connectivity index (χ4n) is 3.78. The second kappa shape index (κ2) is 7.06. The minimum atomic E-state index is 0.776. The molecule has 0 fully saturated rings. The normalized spacial score (nSPS) is 11.2. The Bertz CT molecular complexity index is 1260. The molecule has 0 spiro atoms. The largest absolute Gasteiger partial charge is 0.497 e. The Morgan fingerprint density at radius 3 is 2.38 bits per heavy atom. The lowest BCUT2D eigenvalue weighted by molar-refractivity contribution is 0.415. The maximum absolute atomic E-state index is 5.48. The summed E-state index contributed by atoms with van der Waals surface area (Å²) in [6, 6.07) is 25.1. The summed E-state index contributed by atoms with van der Waals surface area (Å²) in [6.07, 6.45) is 2.17. The van der Waals surface area contributed by atoms with Crippen LogP contribution in [0.4, 0.5) is 0 Å². The molecule has 3 aromatic rings.